The lowest BCUT2D eigenvalue weighted by atomic mass is 10.1. The molecule has 0 atom stereocenters. The first kappa shape index (κ1) is 12.6. The number of anilines is 2. The molecule has 3 N–H and O–H groups in total. The van der Waals surface area contributed by atoms with E-state index < -0.39 is 0 Å². The van der Waals surface area contributed by atoms with Gasteiger partial charge in [0.15, 0.2) is 0 Å². The van der Waals surface area contributed by atoms with Crippen molar-refractivity contribution in [2.24, 2.45) is 0 Å². The van der Waals surface area contributed by atoms with Gasteiger partial charge in [-0.3, -0.25) is 4.79 Å². The largest absolute Gasteiger partial charge is 0.399 e. The quantitative estimate of drug-likeness (QED) is 0.856. The van der Waals surface area contributed by atoms with Gasteiger partial charge in [0, 0.05) is 15.8 Å². The summed E-state index contributed by atoms with van der Waals surface area (Å²) in [7, 11) is 0. The van der Waals surface area contributed by atoms with Gasteiger partial charge in [0.1, 0.15) is 0 Å². The topological polar surface area (TPSA) is 55.1 Å². The average Bonchev–Trinajstić information content (AvgIpc) is 2.32. The normalized spacial score (nSPS) is 10.1. The molecule has 0 unspecified atom stereocenters. The third-order valence-electron chi connectivity index (χ3n) is 2.45. The van der Waals surface area contributed by atoms with Crippen molar-refractivity contribution < 1.29 is 4.79 Å². The van der Waals surface area contributed by atoms with E-state index in [-0.39, 0.29) is 5.91 Å². The highest BCUT2D eigenvalue weighted by molar-refractivity contribution is 9.10. The summed E-state index contributed by atoms with van der Waals surface area (Å²) in [6.45, 7) is 0. The second-order valence-electron chi connectivity index (χ2n) is 3.98. The van der Waals surface area contributed by atoms with Gasteiger partial charge in [0.05, 0.1) is 6.42 Å². The molecule has 0 spiro atoms. The van der Waals surface area contributed by atoms with Crippen molar-refractivity contribution in [2.75, 3.05) is 11.1 Å². The van der Waals surface area contributed by atoms with Crippen molar-refractivity contribution in [3.05, 3.63) is 58.6 Å². The van der Waals surface area contributed by atoms with Gasteiger partial charge < -0.3 is 11.1 Å². The van der Waals surface area contributed by atoms with Gasteiger partial charge in [0.2, 0.25) is 5.91 Å². The molecule has 0 heterocycles. The van der Waals surface area contributed by atoms with E-state index in [1.165, 1.54) is 0 Å². The van der Waals surface area contributed by atoms with Crippen LogP contribution in [-0.4, -0.2) is 5.91 Å². The molecular formula is C14H13BrN2O. The lowest BCUT2D eigenvalue weighted by Gasteiger charge is -2.06. The van der Waals surface area contributed by atoms with Crippen LogP contribution in [0.2, 0.25) is 0 Å². The Morgan fingerprint density at radius 3 is 2.56 bits per heavy atom. The zero-order valence-electron chi connectivity index (χ0n) is 9.69. The summed E-state index contributed by atoms with van der Waals surface area (Å²) in [5, 5.41) is 2.83. The zero-order valence-corrected chi connectivity index (χ0v) is 11.3. The highest BCUT2D eigenvalue weighted by Crippen LogP contribution is 2.14. The van der Waals surface area contributed by atoms with Crippen LogP contribution in [0.15, 0.2) is 53.0 Å². The summed E-state index contributed by atoms with van der Waals surface area (Å²) in [5.41, 5.74) is 7.98. The molecule has 2 aromatic rings. The van der Waals surface area contributed by atoms with Crippen molar-refractivity contribution in [2.45, 2.75) is 6.42 Å². The maximum Gasteiger partial charge on any atom is 0.228 e. The van der Waals surface area contributed by atoms with Crippen LogP contribution in [0.1, 0.15) is 5.56 Å². The minimum absolute atomic E-state index is 0.0436. The molecule has 3 nitrogen and oxygen atoms in total. The van der Waals surface area contributed by atoms with Crippen LogP contribution in [0.4, 0.5) is 11.4 Å². The molecule has 0 bridgehead atoms. The summed E-state index contributed by atoms with van der Waals surface area (Å²) in [6, 6.07) is 14.8. The van der Waals surface area contributed by atoms with E-state index in [9.17, 15) is 4.79 Å². The van der Waals surface area contributed by atoms with Crippen LogP contribution >= 0.6 is 15.9 Å². The van der Waals surface area contributed by atoms with E-state index in [0.29, 0.717) is 12.1 Å². The van der Waals surface area contributed by atoms with Gasteiger partial charge in [0.25, 0.3) is 0 Å². The molecule has 0 aliphatic heterocycles. The number of benzene rings is 2. The van der Waals surface area contributed by atoms with E-state index in [1.54, 1.807) is 24.3 Å². The maximum atomic E-state index is 11.8. The number of rotatable bonds is 3. The summed E-state index contributed by atoms with van der Waals surface area (Å²) < 4.78 is 0.972. The Labute approximate surface area is 114 Å². The maximum absolute atomic E-state index is 11.8. The minimum atomic E-state index is -0.0436. The van der Waals surface area contributed by atoms with Crippen LogP contribution < -0.4 is 11.1 Å². The van der Waals surface area contributed by atoms with Crippen LogP contribution in [0, 0.1) is 0 Å². The van der Waals surface area contributed by atoms with E-state index in [1.807, 2.05) is 24.3 Å². The predicted octanol–water partition coefficient (Wildman–Crippen LogP) is 3.21. The van der Waals surface area contributed by atoms with Crippen molar-refractivity contribution in [1.82, 2.24) is 0 Å². The Morgan fingerprint density at radius 2 is 1.89 bits per heavy atom. The summed E-state index contributed by atoms with van der Waals surface area (Å²) in [4.78, 5) is 11.8. The Kier molecular flexibility index (Phi) is 3.99. The first-order chi connectivity index (χ1) is 8.63. The van der Waals surface area contributed by atoms with Crippen molar-refractivity contribution in [1.29, 1.82) is 0 Å². The molecule has 2 rings (SSSR count). The fourth-order valence-corrected chi connectivity index (χ4v) is 2.05. The number of halogens is 1. The number of carbonyl (C=O) groups excluding carboxylic acids is 1. The van der Waals surface area contributed by atoms with E-state index in [0.717, 1.165) is 15.7 Å². The van der Waals surface area contributed by atoms with Crippen molar-refractivity contribution >= 4 is 33.2 Å². The molecule has 92 valence electrons. The molecule has 0 radical (unpaired) electrons. The van der Waals surface area contributed by atoms with Gasteiger partial charge in [-0.25, -0.2) is 0 Å². The highest BCUT2D eigenvalue weighted by atomic mass is 79.9. The Morgan fingerprint density at radius 1 is 1.17 bits per heavy atom. The molecule has 0 fully saturated rings. The number of carbonyl (C=O) groups is 1. The number of hydrogen-bond donors (Lipinski definition) is 2. The highest BCUT2D eigenvalue weighted by Gasteiger charge is 2.04. The number of hydrogen-bond acceptors (Lipinski definition) is 2. The van der Waals surface area contributed by atoms with Gasteiger partial charge in [-0.15, -0.1) is 0 Å². The second kappa shape index (κ2) is 5.69. The molecule has 1 amide bonds. The van der Waals surface area contributed by atoms with E-state index in [2.05, 4.69) is 21.2 Å². The second-order valence-corrected chi connectivity index (χ2v) is 4.89. The third-order valence-corrected chi connectivity index (χ3v) is 2.94. The number of nitrogens with two attached hydrogens (primary N) is 1. The molecular weight excluding hydrogens is 292 g/mol. The molecule has 0 saturated carbocycles. The molecule has 2 aromatic carbocycles. The zero-order chi connectivity index (χ0) is 13.0. The molecule has 0 saturated heterocycles. The van der Waals surface area contributed by atoms with E-state index in [4.69, 9.17) is 5.73 Å². The lowest BCUT2D eigenvalue weighted by Crippen LogP contribution is -2.14. The monoisotopic (exact) mass is 304 g/mol. The van der Waals surface area contributed by atoms with Gasteiger partial charge >= 0.3 is 0 Å². The van der Waals surface area contributed by atoms with Crippen LogP contribution in [0.5, 0.6) is 0 Å². The van der Waals surface area contributed by atoms with Crippen molar-refractivity contribution in [3.8, 4) is 0 Å². The molecule has 0 aliphatic rings. The average molecular weight is 305 g/mol. The molecule has 18 heavy (non-hydrogen) atoms. The smallest absolute Gasteiger partial charge is 0.228 e. The van der Waals surface area contributed by atoms with Crippen LogP contribution in [0.25, 0.3) is 0 Å². The predicted molar refractivity (Wildman–Crippen MR) is 77.3 cm³/mol. The fraction of sp³-hybridized carbons (Fsp3) is 0.0714. The first-order valence-corrected chi connectivity index (χ1v) is 6.32. The minimum Gasteiger partial charge on any atom is -0.399 e. The third kappa shape index (κ3) is 3.60. The van der Waals surface area contributed by atoms with Gasteiger partial charge in [-0.05, 0) is 42.0 Å². The van der Waals surface area contributed by atoms with Crippen LogP contribution in [0.3, 0.4) is 0 Å². The van der Waals surface area contributed by atoms with Gasteiger partial charge in [-0.1, -0.05) is 28.1 Å². The summed E-state index contributed by atoms with van der Waals surface area (Å²) in [5.74, 6) is -0.0436. The fourth-order valence-electron chi connectivity index (χ4n) is 1.60. The lowest BCUT2D eigenvalue weighted by molar-refractivity contribution is -0.115. The Hall–Kier alpha value is -1.81. The number of amides is 1. The van der Waals surface area contributed by atoms with E-state index >= 15 is 0 Å². The van der Waals surface area contributed by atoms with Crippen molar-refractivity contribution in [3.63, 3.8) is 0 Å². The van der Waals surface area contributed by atoms with Crippen LogP contribution in [-0.2, 0) is 11.2 Å². The first-order valence-electron chi connectivity index (χ1n) is 5.53. The van der Waals surface area contributed by atoms with Gasteiger partial charge in [-0.2, -0.15) is 0 Å². The Bertz CT molecular complexity index is 552. The summed E-state index contributed by atoms with van der Waals surface area (Å²) in [6.07, 6.45) is 0.351. The molecule has 0 aliphatic carbocycles. The molecule has 0 aromatic heterocycles. The number of nitrogens with one attached hydrogen (secondary N) is 1. The molecule has 4 heteroatoms. The summed E-state index contributed by atoms with van der Waals surface area (Å²) >= 11 is 3.38. The SMILES string of the molecule is Nc1ccc(NC(=O)Cc2cccc(Br)c2)cc1. The number of nitrogen functional groups attached to an aromatic ring is 1. The Balaban J connectivity index is 1.98. The standard InChI is InChI=1S/C14H13BrN2O/c15-11-3-1-2-10(8-11)9-14(18)17-13-6-4-12(16)5-7-13/h1-8H,9,16H2,(H,17,18).